The highest BCUT2D eigenvalue weighted by Gasteiger charge is 2.33. The molecule has 18 heavy (non-hydrogen) atoms. The molecule has 1 heterocycles. The van der Waals surface area contributed by atoms with Gasteiger partial charge in [-0.05, 0) is 12.1 Å². The van der Waals surface area contributed by atoms with E-state index in [1.807, 2.05) is 18.2 Å². The standard InChI is InChI=1S/C12H15N3O3/c1-18-10-4-2-3-9(6-10)15-7-8(5-11(15)16)12(13)14-17/h2-4,6,8,17H,5,7H2,1H3,(H2,13,14). The summed E-state index contributed by atoms with van der Waals surface area (Å²) in [5.41, 5.74) is 6.29. The zero-order valence-corrected chi connectivity index (χ0v) is 10.0. The van der Waals surface area contributed by atoms with Crippen molar-refractivity contribution in [3.8, 4) is 5.75 Å². The van der Waals surface area contributed by atoms with Crippen LogP contribution in [0.25, 0.3) is 0 Å². The van der Waals surface area contributed by atoms with Gasteiger partial charge < -0.3 is 20.6 Å². The van der Waals surface area contributed by atoms with E-state index in [4.69, 9.17) is 15.7 Å². The summed E-state index contributed by atoms with van der Waals surface area (Å²) in [6.07, 6.45) is 0.257. The Morgan fingerprint density at radius 2 is 2.39 bits per heavy atom. The molecule has 1 aliphatic rings. The largest absolute Gasteiger partial charge is 0.497 e. The molecule has 1 amide bonds. The van der Waals surface area contributed by atoms with Crippen molar-refractivity contribution in [3.63, 3.8) is 0 Å². The third-order valence-corrected chi connectivity index (χ3v) is 3.02. The summed E-state index contributed by atoms with van der Waals surface area (Å²) in [5, 5.41) is 11.6. The fourth-order valence-corrected chi connectivity index (χ4v) is 2.02. The number of ether oxygens (including phenoxy) is 1. The fraction of sp³-hybridized carbons (Fsp3) is 0.333. The van der Waals surface area contributed by atoms with Gasteiger partial charge in [0.25, 0.3) is 0 Å². The van der Waals surface area contributed by atoms with Crippen LogP contribution in [0, 0.1) is 5.92 Å². The molecule has 0 aliphatic carbocycles. The van der Waals surface area contributed by atoms with Crippen molar-refractivity contribution < 1.29 is 14.7 Å². The summed E-state index contributed by atoms with van der Waals surface area (Å²) in [6, 6.07) is 7.24. The summed E-state index contributed by atoms with van der Waals surface area (Å²) in [6.45, 7) is 0.419. The number of benzene rings is 1. The van der Waals surface area contributed by atoms with Crippen molar-refractivity contribution in [2.75, 3.05) is 18.6 Å². The van der Waals surface area contributed by atoms with E-state index in [0.717, 1.165) is 5.69 Å². The van der Waals surface area contributed by atoms with Gasteiger partial charge in [-0.25, -0.2) is 0 Å². The summed E-state index contributed by atoms with van der Waals surface area (Å²) in [5.74, 6) is 0.495. The molecule has 0 bridgehead atoms. The molecule has 6 heteroatoms. The second-order valence-corrected chi connectivity index (χ2v) is 4.13. The zero-order chi connectivity index (χ0) is 13.1. The molecule has 2 rings (SSSR count). The number of nitrogens with zero attached hydrogens (tertiary/aromatic N) is 2. The minimum Gasteiger partial charge on any atom is -0.497 e. The van der Waals surface area contributed by atoms with E-state index >= 15 is 0 Å². The lowest BCUT2D eigenvalue weighted by atomic mass is 10.1. The first kappa shape index (κ1) is 12.2. The van der Waals surface area contributed by atoms with Crippen molar-refractivity contribution in [1.82, 2.24) is 0 Å². The van der Waals surface area contributed by atoms with Gasteiger partial charge in [0.2, 0.25) is 5.91 Å². The van der Waals surface area contributed by atoms with E-state index < -0.39 is 0 Å². The minimum absolute atomic E-state index is 0.0418. The number of anilines is 1. The maximum atomic E-state index is 11.9. The quantitative estimate of drug-likeness (QED) is 0.359. The first-order valence-corrected chi connectivity index (χ1v) is 5.57. The van der Waals surface area contributed by atoms with Crippen molar-refractivity contribution in [2.24, 2.45) is 16.8 Å². The van der Waals surface area contributed by atoms with Crippen LogP contribution in [-0.2, 0) is 4.79 Å². The topological polar surface area (TPSA) is 88.2 Å². The Bertz CT molecular complexity index is 487. The van der Waals surface area contributed by atoms with Gasteiger partial charge in [-0.3, -0.25) is 4.79 Å². The number of carbonyl (C=O) groups excluding carboxylic acids is 1. The molecular formula is C12H15N3O3. The van der Waals surface area contributed by atoms with Crippen LogP contribution in [0.5, 0.6) is 5.75 Å². The highest BCUT2D eigenvalue weighted by molar-refractivity contribution is 6.01. The summed E-state index contributed by atoms with van der Waals surface area (Å²) >= 11 is 0. The molecule has 1 aliphatic heterocycles. The van der Waals surface area contributed by atoms with Crippen LogP contribution in [0.3, 0.4) is 0 Å². The molecule has 0 aromatic heterocycles. The normalized spacial score (nSPS) is 20.3. The third-order valence-electron chi connectivity index (χ3n) is 3.02. The molecule has 6 nitrogen and oxygen atoms in total. The second kappa shape index (κ2) is 4.95. The Morgan fingerprint density at radius 3 is 3.06 bits per heavy atom. The van der Waals surface area contributed by atoms with Crippen LogP contribution in [-0.4, -0.2) is 30.6 Å². The third kappa shape index (κ3) is 2.22. The first-order chi connectivity index (χ1) is 8.65. The Kier molecular flexibility index (Phi) is 3.36. The fourth-order valence-electron chi connectivity index (χ4n) is 2.02. The maximum Gasteiger partial charge on any atom is 0.227 e. The molecule has 1 aromatic rings. The first-order valence-electron chi connectivity index (χ1n) is 5.57. The average molecular weight is 249 g/mol. The second-order valence-electron chi connectivity index (χ2n) is 4.13. The van der Waals surface area contributed by atoms with Crippen molar-refractivity contribution in [1.29, 1.82) is 0 Å². The summed E-state index contributed by atoms with van der Waals surface area (Å²) < 4.78 is 5.12. The highest BCUT2D eigenvalue weighted by atomic mass is 16.5. The molecule has 1 saturated heterocycles. The Balaban J connectivity index is 2.21. The van der Waals surface area contributed by atoms with Crippen molar-refractivity contribution in [2.45, 2.75) is 6.42 Å². The molecule has 0 radical (unpaired) electrons. The van der Waals surface area contributed by atoms with Crippen molar-refractivity contribution in [3.05, 3.63) is 24.3 Å². The predicted octanol–water partition coefficient (Wildman–Crippen LogP) is 0.794. The number of carbonyl (C=O) groups is 1. The number of hydrogen-bond acceptors (Lipinski definition) is 4. The van der Waals surface area contributed by atoms with Crippen LogP contribution in [0.15, 0.2) is 29.4 Å². The van der Waals surface area contributed by atoms with Crippen LogP contribution in [0.4, 0.5) is 5.69 Å². The van der Waals surface area contributed by atoms with E-state index in [-0.39, 0.29) is 24.1 Å². The average Bonchev–Trinajstić information content (AvgIpc) is 2.80. The van der Waals surface area contributed by atoms with Gasteiger partial charge >= 0.3 is 0 Å². The van der Waals surface area contributed by atoms with Crippen LogP contribution >= 0.6 is 0 Å². The molecule has 1 atom stereocenters. The number of amidine groups is 1. The van der Waals surface area contributed by atoms with E-state index in [0.29, 0.717) is 12.3 Å². The van der Waals surface area contributed by atoms with E-state index in [9.17, 15) is 4.79 Å². The lowest BCUT2D eigenvalue weighted by Crippen LogP contribution is -2.28. The van der Waals surface area contributed by atoms with Crippen molar-refractivity contribution >= 4 is 17.4 Å². The van der Waals surface area contributed by atoms with Crippen LogP contribution < -0.4 is 15.4 Å². The number of oxime groups is 1. The SMILES string of the molecule is COc1cccc(N2CC(C(N)=NO)CC2=O)c1. The molecule has 0 saturated carbocycles. The number of nitrogens with two attached hydrogens (primary N) is 1. The van der Waals surface area contributed by atoms with E-state index in [1.54, 1.807) is 18.1 Å². The van der Waals surface area contributed by atoms with Gasteiger partial charge in [0.05, 0.1) is 7.11 Å². The van der Waals surface area contributed by atoms with Crippen LogP contribution in [0.1, 0.15) is 6.42 Å². The molecule has 1 unspecified atom stereocenters. The smallest absolute Gasteiger partial charge is 0.227 e. The number of amides is 1. The number of rotatable bonds is 3. The van der Waals surface area contributed by atoms with Gasteiger partial charge in [-0.2, -0.15) is 0 Å². The molecule has 3 N–H and O–H groups in total. The van der Waals surface area contributed by atoms with Gasteiger partial charge in [0.15, 0.2) is 0 Å². The number of methoxy groups -OCH3 is 1. The lowest BCUT2D eigenvalue weighted by Gasteiger charge is -2.17. The Labute approximate surface area is 105 Å². The molecule has 1 aromatic carbocycles. The summed E-state index contributed by atoms with van der Waals surface area (Å²) in [7, 11) is 1.57. The minimum atomic E-state index is -0.242. The molecule has 96 valence electrons. The Hall–Kier alpha value is -2.24. The van der Waals surface area contributed by atoms with E-state index in [2.05, 4.69) is 5.16 Å². The number of hydrogen-bond donors (Lipinski definition) is 2. The Morgan fingerprint density at radius 1 is 1.61 bits per heavy atom. The maximum absolute atomic E-state index is 11.9. The van der Waals surface area contributed by atoms with Gasteiger partial charge in [-0.1, -0.05) is 11.2 Å². The van der Waals surface area contributed by atoms with Gasteiger partial charge in [0, 0.05) is 30.6 Å². The zero-order valence-electron chi connectivity index (χ0n) is 10.0. The summed E-state index contributed by atoms with van der Waals surface area (Å²) in [4.78, 5) is 13.5. The predicted molar refractivity (Wildman–Crippen MR) is 66.9 cm³/mol. The molecule has 1 fully saturated rings. The monoisotopic (exact) mass is 249 g/mol. The van der Waals surface area contributed by atoms with Gasteiger partial charge in [0.1, 0.15) is 11.6 Å². The van der Waals surface area contributed by atoms with Crippen LogP contribution in [0.2, 0.25) is 0 Å². The molecule has 0 spiro atoms. The highest BCUT2D eigenvalue weighted by Crippen LogP contribution is 2.27. The van der Waals surface area contributed by atoms with E-state index in [1.165, 1.54) is 0 Å². The lowest BCUT2D eigenvalue weighted by molar-refractivity contribution is -0.117. The van der Waals surface area contributed by atoms with Gasteiger partial charge in [-0.15, -0.1) is 0 Å². The molecular weight excluding hydrogens is 234 g/mol.